The van der Waals surface area contributed by atoms with Crippen molar-refractivity contribution in [3.05, 3.63) is 29.8 Å². The average molecular weight is 451 g/mol. The minimum atomic E-state index is -3.28. The molecule has 1 aromatic rings. The van der Waals surface area contributed by atoms with Crippen molar-refractivity contribution in [3.63, 3.8) is 0 Å². The van der Waals surface area contributed by atoms with Crippen molar-refractivity contribution in [1.82, 2.24) is 4.90 Å². The minimum absolute atomic E-state index is 0.0848. The van der Waals surface area contributed by atoms with E-state index in [2.05, 4.69) is 49.4 Å². The maximum atomic E-state index is 12.5. The smallest absolute Gasteiger partial charge is 0.232 e. The number of hydrogen-bond acceptors (Lipinski definition) is 3. The first-order valence-electron chi connectivity index (χ1n) is 12.6. The second-order valence-corrected chi connectivity index (χ2v) is 11.7. The number of benzene rings is 1. The molecule has 1 saturated heterocycles. The maximum Gasteiger partial charge on any atom is 0.232 e. The van der Waals surface area contributed by atoms with Crippen LogP contribution in [0.2, 0.25) is 0 Å². The molecule has 0 saturated carbocycles. The average Bonchev–Trinajstić information content (AvgIpc) is 2.73. The Morgan fingerprint density at radius 3 is 2.39 bits per heavy atom. The van der Waals surface area contributed by atoms with Crippen molar-refractivity contribution >= 4 is 15.7 Å². The Bertz CT molecular complexity index is 750. The molecule has 2 atom stereocenters. The van der Waals surface area contributed by atoms with Gasteiger partial charge in [-0.3, -0.25) is 4.72 Å². The zero-order chi connectivity index (χ0) is 22.7. The van der Waals surface area contributed by atoms with Crippen LogP contribution in [0, 0.1) is 5.92 Å². The van der Waals surface area contributed by atoms with Gasteiger partial charge in [0.1, 0.15) is 0 Å². The molecule has 2 rings (SSSR count). The van der Waals surface area contributed by atoms with Crippen LogP contribution in [0.3, 0.4) is 0 Å². The van der Waals surface area contributed by atoms with Gasteiger partial charge in [-0.2, -0.15) is 0 Å². The molecule has 0 bridgehead atoms. The second-order valence-electron chi connectivity index (χ2n) is 9.85. The first-order chi connectivity index (χ1) is 14.8. The van der Waals surface area contributed by atoms with Crippen LogP contribution in [0.1, 0.15) is 97.5 Å². The van der Waals surface area contributed by atoms with Crippen LogP contribution >= 0.6 is 0 Å². The fourth-order valence-corrected chi connectivity index (χ4v) is 5.95. The zero-order valence-corrected chi connectivity index (χ0v) is 21.3. The summed E-state index contributed by atoms with van der Waals surface area (Å²) < 4.78 is 27.9. The Morgan fingerprint density at radius 1 is 1.03 bits per heavy atom. The lowest BCUT2D eigenvalue weighted by molar-refractivity contribution is 0.109. The summed E-state index contributed by atoms with van der Waals surface area (Å²) in [7, 11) is -3.28. The number of nitrogens with zero attached hydrogens (tertiary/aromatic N) is 1. The van der Waals surface area contributed by atoms with Crippen LogP contribution in [0.5, 0.6) is 0 Å². The summed E-state index contributed by atoms with van der Waals surface area (Å²) in [4.78, 5) is 2.62. The van der Waals surface area contributed by atoms with E-state index in [0.29, 0.717) is 11.6 Å². The standard InChI is InChI=1S/C26H46N2O2S/c1-5-7-9-11-13-20-31(29,30)27-25-16-14-15-24(21-25)26(4)17-19-28(22-23(26)3)18-12-10-8-6-2/h14-16,21,23,27H,5-13,17-20,22H2,1-4H3. The Balaban J connectivity index is 1.94. The summed E-state index contributed by atoms with van der Waals surface area (Å²) in [6, 6.07) is 8.14. The first kappa shape index (κ1) is 26.2. The van der Waals surface area contributed by atoms with Gasteiger partial charge in [-0.05, 0) is 61.4 Å². The number of hydrogen-bond donors (Lipinski definition) is 1. The number of rotatable bonds is 14. The van der Waals surface area contributed by atoms with Crippen LogP contribution in [-0.4, -0.2) is 38.7 Å². The number of nitrogens with one attached hydrogen (secondary N) is 1. The fraction of sp³-hybridized carbons (Fsp3) is 0.769. The molecule has 1 N–H and O–H groups in total. The van der Waals surface area contributed by atoms with Crippen molar-refractivity contribution in [3.8, 4) is 0 Å². The van der Waals surface area contributed by atoms with Gasteiger partial charge in [0.2, 0.25) is 10.0 Å². The zero-order valence-electron chi connectivity index (χ0n) is 20.5. The third-order valence-corrected chi connectivity index (χ3v) is 8.58. The lowest BCUT2D eigenvalue weighted by Gasteiger charge is -2.45. The van der Waals surface area contributed by atoms with Gasteiger partial charge in [-0.25, -0.2) is 8.42 Å². The molecule has 0 aliphatic carbocycles. The van der Waals surface area contributed by atoms with Crippen LogP contribution in [-0.2, 0) is 15.4 Å². The van der Waals surface area contributed by atoms with Gasteiger partial charge in [-0.1, -0.05) is 84.8 Å². The van der Waals surface area contributed by atoms with E-state index < -0.39 is 10.0 Å². The molecule has 1 heterocycles. The highest BCUT2D eigenvalue weighted by Gasteiger charge is 2.37. The van der Waals surface area contributed by atoms with Crippen LogP contribution in [0.4, 0.5) is 5.69 Å². The molecule has 31 heavy (non-hydrogen) atoms. The molecular weight excluding hydrogens is 404 g/mol. The molecule has 1 fully saturated rings. The van der Waals surface area contributed by atoms with E-state index in [1.54, 1.807) is 0 Å². The third-order valence-electron chi connectivity index (χ3n) is 7.21. The summed E-state index contributed by atoms with van der Waals surface area (Å²) in [5.74, 6) is 0.750. The van der Waals surface area contributed by atoms with E-state index in [0.717, 1.165) is 38.8 Å². The normalized spacial score (nSPS) is 22.5. The molecule has 0 amide bonds. The summed E-state index contributed by atoms with van der Waals surface area (Å²) in [6.07, 6.45) is 11.6. The molecule has 178 valence electrons. The molecular formula is C26H46N2O2S. The second kappa shape index (κ2) is 12.8. The first-order valence-corrected chi connectivity index (χ1v) is 14.3. The Morgan fingerprint density at radius 2 is 1.71 bits per heavy atom. The Kier molecular flexibility index (Phi) is 10.8. The van der Waals surface area contributed by atoms with Crippen LogP contribution < -0.4 is 4.72 Å². The summed E-state index contributed by atoms with van der Waals surface area (Å²) >= 11 is 0. The molecule has 1 aliphatic heterocycles. The van der Waals surface area contributed by atoms with Gasteiger partial charge in [0.15, 0.2) is 0 Å². The van der Waals surface area contributed by atoms with Crippen molar-refractivity contribution in [2.24, 2.45) is 5.92 Å². The van der Waals surface area contributed by atoms with Gasteiger partial charge in [-0.15, -0.1) is 0 Å². The van der Waals surface area contributed by atoms with Crippen molar-refractivity contribution in [1.29, 1.82) is 0 Å². The molecule has 0 aromatic heterocycles. The van der Waals surface area contributed by atoms with Crippen molar-refractivity contribution in [2.75, 3.05) is 30.1 Å². The van der Waals surface area contributed by atoms with E-state index in [1.807, 2.05) is 12.1 Å². The van der Waals surface area contributed by atoms with E-state index in [9.17, 15) is 8.42 Å². The monoisotopic (exact) mass is 450 g/mol. The minimum Gasteiger partial charge on any atom is -0.303 e. The van der Waals surface area contributed by atoms with Gasteiger partial charge < -0.3 is 4.90 Å². The summed E-state index contributed by atoms with van der Waals surface area (Å²) in [6.45, 7) is 12.6. The summed E-state index contributed by atoms with van der Waals surface area (Å²) in [5, 5.41) is 0. The fourth-order valence-electron chi connectivity index (χ4n) is 4.78. The predicted octanol–water partition coefficient (Wildman–Crippen LogP) is 6.58. The quantitative estimate of drug-likeness (QED) is 0.326. The largest absolute Gasteiger partial charge is 0.303 e. The van der Waals surface area contributed by atoms with E-state index in [4.69, 9.17) is 0 Å². The Hall–Kier alpha value is -1.07. The highest BCUT2D eigenvalue weighted by Crippen LogP contribution is 2.40. The lowest BCUT2D eigenvalue weighted by Crippen LogP contribution is -2.47. The summed E-state index contributed by atoms with van der Waals surface area (Å²) in [5.41, 5.74) is 2.05. The number of sulfonamides is 1. The Labute approximate surface area is 192 Å². The van der Waals surface area contributed by atoms with E-state index in [-0.39, 0.29) is 11.2 Å². The highest BCUT2D eigenvalue weighted by atomic mass is 32.2. The number of unbranched alkanes of at least 4 members (excludes halogenated alkanes) is 7. The van der Waals surface area contributed by atoms with Crippen LogP contribution in [0.15, 0.2) is 24.3 Å². The van der Waals surface area contributed by atoms with Gasteiger partial charge in [0.05, 0.1) is 5.75 Å². The van der Waals surface area contributed by atoms with Crippen LogP contribution in [0.25, 0.3) is 0 Å². The van der Waals surface area contributed by atoms with E-state index >= 15 is 0 Å². The van der Waals surface area contributed by atoms with Gasteiger partial charge in [0, 0.05) is 12.2 Å². The molecule has 4 nitrogen and oxygen atoms in total. The number of anilines is 1. The molecule has 1 aliphatic rings. The van der Waals surface area contributed by atoms with Crippen molar-refractivity contribution < 1.29 is 8.42 Å². The number of piperidine rings is 1. The predicted molar refractivity (Wildman–Crippen MR) is 134 cm³/mol. The van der Waals surface area contributed by atoms with Gasteiger partial charge in [0.25, 0.3) is 0 Å². The molecule has 0 radical (unpaired) electrons. The molecule has 0 spiro atoms. The molecule has 5 heteroatoms. The highest BCUT2D eigenvalue weighted by molar-refractivity contribution is 7.92. The van der Waals surface area contributed by atoms with Crippen molar-refractivity contribution in [2.45, 2.75) is 97.3 Å². The number of likely N-dealkylation sites (tertiary alicyclic amines) is 1. The molecule has 2 unspecified atom stereocenters. The van der Waals surface area contributed by atoms with Gasteiger partial charge >= 0.3 is 0 Å². The topological polar surface area (TPSA) is 49.4 Å². The third kappa shape index (κ3) is 8.42. The lowest BCUT2D eigenvalue weighted by atomic mass is 9.68. The SMILES string of the molecule is CCCCCCCS(=O)(=O)Nc1cccc(C2(C)CCN(CCCCCC)CC2C)c1. The van der Waals surface area contributed by atoms with E-state index in [1.165, 1.54) is 50.6 Å². The maximum absolute atomic E-state index is 12.5. The molecule has 1 aromatic carbocycles.